The summed E-state index contributed by atoms with van der Waals surface area (Å²) < 4.78 is 0. The second kappa shape index (κ2) is 2.43. The first-order chi connectivity index (χ1) is 3.93. The zero-order valence-electron chi connectivity index (χ0n) is 4.72. The minimum Gasteiger partial charge on any atom is -0.349 e. The summed E-state index contributed by atoms with van der Waals surface area (Å²) in [4.78, 5) is 3.06. The van der Waals surface area contributed by atoms with E-state index in [-0.39, 0.29) is 0 Å². The molecule has 0 spiro atoms. The summed E-state index contributed by atoms with van der Waals surface area (Å²) in [7, 11) is 0. The van der Waals surface area contributed by atoms with Gasteiger partial charge in [-0.25, -0.2) is 4.98 Å². The third kappa shape index (κ3) is 1.04. The van der Waals surface area contributed by atoms with Crippen molar-refractivity contribution in [3.63, 3.8) is 0 Å². The molecule has 0 aromatic carbocycles. The van der Waals surface area contributed by atoms with Gasteiger partial charge in [-0.3, -0.25) is 0 Å². The topological polar surface area (TPSA) is 41.8 Å². The summed E-state index contributed by atoms with van der Waals surface area (Å²) in [5.41, 5.74) is 4.90. The molecule has 0 aliphatic carbocycles. The van der Waals surface area contributed by atoms with E-state index in [9.17, 15) is 0 Å². The third-order valence-electron chi connectivity index (χ3n) is 1.04. The maximum atomic E-state index is 3.72. The number of aromatic nitrogens is 1. The van der Waals surface area contributed by atoms with Crippen molar-refractivity contribution in [1.82, 2.24) is 0 Å². The molecule has 1 aromatic heterocycles. The summed E-state index contributed by atoms with van der Waals surface area (Å²) in [6, 6.07) is 5.98. The van der Waals surface area contributed by atoms with Crippen LogP contribution in [0.25, 0.3) is 0 Å². The van der Waals surface area contributed by atoms with Gasteiger partial charge in [0.15, 0.2) is 12.7 Å². The zero-order valence-corrected chi connectivity index (χ0v) is 4.72. The molecule has 0 saturated carbocycles. The van der Waals surface area contributed by atoms with Crippen LogP contribution in [0.5, 0.6) is 0 Å². The summed E-state index contributed by atoms with van der Waals surface area (Å²) in [5, 5.41) is 0. The molecule has 1 heterocycles. The Morgan fingerprint density at radius 3 is 2.75 bits per heavy atom. The molecule has 0 atom stereocenters. The van der Waals surface area contributed by atoms with Crippen molar-refractivity contribution >= 4 is 0 Å². The van der Waals surface area contributed by atoms with Gasteiger partial charge < -0.3 is 5.73 Å². The van der Waals surface area contributed by atoms with Crippen molar-refractivity contribution in [3.8, 4) is 0 Å². The maximum absolute atomic E-state index is 3.72. The lowest BCUT2D eigenvalue weighted by molar-refractivity contribution is -0.457. The van der Waals surface area contributed by atoms with Gasteiger partial charge in [-0.15, -0.1) is 0 Å². The first-order valence-corrected chi connectivity index (χ1v) is 2.68. The van der Waals surface area contributed by atoms with Crippen LogP contribution in [0.1, 0.15) is 5.69 Å². The second-order valence-corrected chi connectivity index (χ2v) is 1.64. The van der Waals surface area contributed by atoms with E-state index < -0.39 is 0 Å². The Kier molecular flexibility index (Phi) is 1.59. The first kappa shape index (κ1) is 5.25. The molecule has 0 aliphatic heterocycles. The van der Waals surface area contributed by atoms with Crippen molar-refractivity contribution in [3.05, 3.63) is 30.1 Å². The Morgan fingerprint density at radius 1 is 1.50 bits per heavy atom. The van der Waals surface area contributed by atoms with Crippen molar-refractivity contribution in [2.75, 3.05) is 0 Å². The quantitative estimate of drug-likeness (QED) is 0.494. The zero-order chi connectivity index (χ0) is 5.82. The second-order valence-electron chi connectivity index (χ2n) is 1.64. The third-order valence-corrected chi connectivity index (χ3v) is 1.04. The molecular formula is C6H10N2+2. The summed E-state index contributed by atoms with van der Waals surface area (Å²) in [5.74, 6) is 0. The van der Waals surface area contributed by atoms with E-state index in [2.05, 4.69) is 10.7 Å². The molecule has 0 radical (unpaired) electrons. The van der Waals surface area contributed by atoms with Gasteiger partial charge in [0, 0.05) is 12.1 Å². The molecule has 2 heteroatoms. The number of hydrogen-bond donors (Lipinski definition) is 1. The molecule has 0 unspecified atom stereocenters. The van der Waals surface area contributed by atoms with Crippen molar-refractivity contribution in [2.24, 2.45) is 0 Å². The molecule has 8 heavy (non-hydrogen) atoms. The molecule has 0 aliphatic rings. The molecule has 4 N–H and O–H groups in total. The van der Waals surface area contributed by atoms with E-state index in [1.54, 1.807) is 0 Å². The van der Waals surface area contributed by atoms with Crippen LogP contribution in [-0.4, -0.2) is 0 Å². The first-order valence-electron chi connectivity index (χ1n) is 2.68. The minimum atomic E-state index is 0.834. The molecule has 0 saturated heterocycles. The Bertz CT molecular complexity index is 148. The summed E-state index contributed by atoms with van der Waals surface area (Å²) in [6.07, 6.45) is 1.90. The number of aromatic amines is 1. The van der Waals surface area contributed by atoms with E-state index in [0.29, 0.717) is 0 Å². The van der Waals surface area contributed by atoms with E-state index in [1.165, 1.54) is 5.69 Å². The SMILES string of the molecule is [NH3+]Cc1cccc[nH+]1. The normalized spacial score (nSPS) is 9.12. The highest BCUT2D eigenvalue weighted by atomic mass is 14.7. The smallest absolute Gasteiger partial charge is 0.234 e. The summed E-state index contributed by atoms with van der Waals surface area (Å²) in [6.45, 7) is 0.834. The van der Waals surface area contributed by atoms with Crippen LogP contribution in [0.15, 0.2) is 24.4 Å². The Labute approximate surface area is 48.4 Å². The standard InChI is InChI=1S/C6H8N2/c7-5-6-3-1-2-4-8-6/h1-4H,5,7H2/p+2. The number of rotatable bonds is 1. The lowest BCUT2D eigenvalue weighted by Gasteiger charge is -1.79. The van der Waals surface area contributed by atoms with Gasteiger partial charge in [-0.1, -0.05) is 0 Å². The van der Waals surface area contributed by atoms with Gasteiger partial charge in [-0.2, -0.15) is 0 Å². The van der Waals surface area contributed by atoms with Gasteiger partial charge in [0.2, 0.25) is 5.69 Å². The fourth-order valence-electron chi connectivity index (χ4n) is 0.586. The van der Waals surface area contributed by atoms with Gasteiger partial charge in [0.1, 0.15) is 0 Å². The average Bonchev–Trinajstić information content (AvgIpc) is 1.90. The monoisotopic (exact) mass is 110 g/mol. The Morgan fingerprint density at radius 2 is 2.38 bits per heavy atom. The van der Waals surface area contributed by atoms with Crippen LogP contribution < -0.4 is 10.7 Å². The predicted molar refractivity (Wildman–Crippen MR) is 29.6 cm³/mol. The highest BCUT2D eigenvalue weighted by molar-refractivity contribution is 4.94. The van der Waals surface area contributed by atoms with Crippen molar-refractivity contribution in [2.45, 2.75) is 6.54 Å². The molecule has 0 fully saturated rings. The van der Waals surface area contributed by atoms with Gasteiger partial charge in [0.25, 0.3) is 0 Å². The Balaban J connectivity index is 2.83. The van der Waals surface area contributed by atoms with Gasteiger partial charge in [0.05, 0.1) is 0 Å². The van der Waals surface area contributed by atoms with Crippen LogP contribution >= 0.6 is 0 Å². The summed E-state index contributed by atoms with van der Waals surface area (Å²) >= 11 is 0. The Hall–Kier alpha value is -0.890. The van der Waals surface area contributed by atoms with Crippen LogP contribution in [0.2, 0.25) is 0 Å². The fraction of sp³-hybridized carbons (Fsp3) is 0.167. The molecule has 42 valence electrons. The number of quaternary nitrogens is 1. The van der Waals surface area contributed by atoms with Crippen molar-refractivity contribution in [1.29, 1.82) is 0 Å². The molecule has 0 amide bonds. The van der Waals surface area contributed by atoms with Crippen LogP contribution in [-0.2, 0) is 6.54 Å². The number of H-pyrrole nitrogens is 1. The fourth-order valence-corrected chi connectivity index (χ4v) is 0.586. The molecule has 1 rings (SSSR count). The maximum Gasteiger partial charge on any atom is 0.234 e. The van der Waals surface area contributed by atoms with Crippen LogP contribution in [0.3, 0.4) is 0 Å². The number of pyridine rings is 1. The van der Waals surface area contributed by atoms with Gasteiger partial charge in [-0.05, 0) is 6.07 Å². The van der Waals surface area contributed by atoms with E-state index in [4.69, 9.17) is 0 Å². The number of nitrogens with one attached hydrogen (secondary N) is 1. The average molecular weight is 110 g/mol. The van der Waals surface area contributed by atoms with Gasteiger partial charge >= 0.3 is 0 Å². The number of hydrogen-bond acceptors (Lipinski definition) is 0. The molecule has 2 nitrogen and oxygen atoms in total. The molecule has 1 aromatic rings. The van der Waals surface area contributed by atoms with E-state index in [0.717, 1.165) is 6.54 Å². The highest BCUT2D eigenvalue weighted by Gasteiger charge is 1.92. The largest absolute Gasteiger partial charge is 0.349 e. The van der Waals surface area contributed by atoms with Crippen LogP contribution in [0.4, 0.5) is 0 Å². The highest BCUT2D eigenvalue weighted by Crippen LogP contribution is 1.81. The predicted octanol–water partition coefficient (Wildman–Crippen LogP) is -0.757. The molecular weight excluding hydrogens is 100 g/mol. The van der Waals surface area contributed by atoms with E-state index >= 15 is 0 Å². The lowest BCUT2D eigenvalue weighted by Crippen LogP contribution is -2.49. The van der Waals surface area contributed by atoms with E-state index in [1.807, 2.05) is 24.4 Å². The van der Waals surface area contributed by atoms with Crippen molar-refractivity contribution < 1.29 is 10.7 Å². The lowest BCUT2D eigenvalue weighted by atomic mass is 10.4. The molecule has 0 bridgehead atoms. The van der Waals surface area contributed by atoms with Crippen LogP contribution in [0, 0.1) is 0 Å². The minimum absolute atomic E-state index is 0.834.